The minimum Gasteiger partial charge on any atom is -0.388 e. The molecule has 0 radical (unpaired) electrons. The Balaban J connectivity index is 2.04. The van der Waals surface area contributed by atoms with Crippen molar-refractivity contribution in [3.63, 3.8) is 0 Å². The van der Waals surface area contributed by atoms with Crippen LogP contribution in [0.5, 0.6) is 0 Å². The molecule has 94 valence electrons. The van der Waals surface area contributed by atoms with Crippen LogP contribution in [0, 0.1) is 5.92 Å². The fourth-order valence-corrected chi connectivity index (χ4v) is 2.59. The van der Waals surface area contributed by atoms with E-state index in [4.69, 9.17) is 5.73 Å². The number of hydrogen-bond acceptors (Lipinski definition) is 3. The Kier molecular flexibility index (Phi) is 4.15. The van der Waals surface area contributed by atoms with Gasteiger partial charge in [0.2, 0.25) is 0 Å². The molecule has 0 aromatic heterocycles. The first-order chi connectivity index (χ1) is 8.20. The summed E-state index contributed by atoms with van der Waals surface area (Å²) in [5, 5.41) is 10.4. The molecular formula is C14H22N2O. The van der Waals surface area contributed by atoms with E-state index in [-0.39, 0.29) is 6.10 Å². The Morgan fingerprint density at radius 2 is 2.12 bits per heavy atom. The lowest BCUT2D eigenvalue weighted by Crippen LogP contribution is -2.35. The summed E-state index contributed by atoms with van der Waals surface area (Å²) in [5.74, 6) is 0.359. The molecule has 2 atom stereocenters. The van der Waals surface area contributed by atoms with Gasteiger partial charge in [0, 0.05) is 19.0 Å². The van der Waals surface area contributed by atoms with E-state index in [0.717, 1.165) is 30.6 Å². The van der Waals surface area contributed by atoms with Gasteiger partial charge < -0.3 is 15.7 Å². The van der Waals surface area contributed by atoms with E-state index in [1.807, 2.05) is 24.3 Å². The number of nitrogens with zero attached hydrogens (tertiary/aromatic N) is 1. The Labute approximate surface area is 103 Å². The Hall–Kier alpha value is -0.900. The maximum atomic E-state index is 10.4. The zero-order valence-corrected chi connectivity index (χ0v) is 10.5. The molecule has 1 aliphatic rings. The minimum absolute atomic E-state index is 0.343. The zero-order chi connectivity index (χ0) is 12.3. The SMILES string of the molecule is CN1CCCC(C(O)c2ccc(CN)cc2)C1. The summed E-state index contributed by atoms with van der Waals surface area (Å²) in [6, 6.07) is 8.01. The highest BCUT2D eigenvalue weighted by molar-refractivity contribution is 5.24. The second kappa shape index (κ2) is 5.63. The quantitative estimate of drug-likeness (QED) is 0.833. The normalized spacial score (nSPS) is 23.6. The highest BCUT2D eigenvalue weighted by Crippen LogP contribution is 2.29. The highest BCUT2D eigenvalue weighted by atomic mass is 16.3. The minimum atomic E-state index is -0.343. The monoisotopic (exact) mass is 234 g/mol. The molecule has 1 heterocycles. The molecular weight excluding hydrogens is 212 g/mol. The van der Waals surface area contributed by atoms with Crippen LogP contribution in [0.1, 0.15) is 30.1 Å². The topological polar surface area (TPSA) is 49.5 Å². The lowest BCUT2D eigenvalue weighted by molar-refractivity contribution is 0.0592. The molecule has 0 aliphatic carbocycles. The van der Waals surface area contributed by atoms with Gasteiger partial charge in [-0.15, -0.1) is 0 Å². The number of likely N-dealkylation sites (tertiary alicyclic amines) is 1. The molecule has 1 saturated heterocycles. The molecule has 3 heteroatoms. The van der Waals surface area contributed by atoms with Crippen molar-refractivity contribution in [2.24, 2.45) is 11.7 Å². The predicted molar refractivity (Wildman–Crippen MR) is 69.5 cm³/mol. The fourth-order valence-electron chi connectivity index (χ4n) is 2.59. The van der Waals surface area contributed by atoms with Crippen LogP contribution in [0.15, 0.2) is 24.3 Å². The van der Waals surface area contributed by atoms with E-state index in [0.29, 0.717) is 12.5 Å². The first kappa shape index (κ1) is 12.6. The van der Waals surface area contributed by atoms with E-state index in [1.54, 1.807) is 0 Å². The van der Waals surface area contributed by atoms with Gasteiger partial charge >= 0.3 is 0 Å². The van der Waals surface area contributed by atoms with Crippen molar-refractivity contribution in [1.29, 1.82) is 0 Å². The Bertz CT molecular complexity index is 350. The molecule has 2 rings (SSSR count). The lowest BCUT2D eigenvalue weighted by atomic mass is 9.88. The van der Waals surface area contributed by atoms with Crippen molar-refractivity contribution >= 4 is 0 Å². The number of benzene rings is 1. The molecule has 1 aromatic rings. The molecule has 17 heavy (non-hydrogen) atoms. The number of aliphatic hydroxyl groups is 1. The molecule has 0 spiro atoms. The van der Waals surface area contributed by atoms with Crippen molar-refractivity contribution in [3.05, 3.63) is 35.4 Å². The predicted octanol–water partition coefficient (Wildman–Crippen LogP) is 1.52. The van der Waals surface area contributed by atoms with Crippen LogP contribution >= 0.6 is 0 Å². The third-order valence-electron chi connectivity index (χ3n) is 3.66. The lowest BCUT2D eigenvalue weighted by Gasteiger charge is -2.32. The zero-order valence-electron chi connectivity index (χ0n) is 10.5. The first-order valence-electron chi connectivity index (χ1n) is 6.36. The van der Waals surface area contributed by atoms with Gasteiger partial charge in [0.05, 0.1) is 6.10 Å². The summed E-state index contributed by atoms with van der Waals surface area (Å²) in [4.78, 5) is 2.30. The maximum Gasteiger partial charge on any atom is 0.0830 e. The number of nitrogens with two attached hydrogens (primary N) is 1. The van der Waals surface area contributed by atoms with Crippen LogP contribution in [0.25, 0.3) is 0 Å². The third kappa shape index (κ3) is 3.06. The van der Waals surface area contributed by atoms with Gasteiger partial charge in [-0.25, -0.2) is 0 Å². The summed E-state index contributed by atoms with van der Waals surface area (Å²) < 4.78 is 0. The number of piperidine rings is 1. The summed E-state index contributed by atoms with van der Waals surface area (Å²) in [5.41, 5.74) is 7.70. The number of rotatable bonds is 3. The van der Waals surface area contributed by atoms with Gasteiger partial charge in [0.25, 0.3) is 0 Å². The second-order valence-corrected chi connectivity index (χ2v) is 5.06. The molecule has 0 amide bonds. The van der Waals surface area contributed by atoms with Crippen molar-refractivity contribution in [1.82, 2.24) is 4.90 Å². The summed E-state index contributed by atoms with van der Waals surface area (Å²) in [6.45, 7) is 2.69. The van der Waals surface area contributed by atoms with Gasteiger partial charge in [-0.3, -0.25) is 0 Å². The Morgan fingerprint density at radius 1 is 1.41 bits per heavy atom. The van der Waals surface area contributed by atoms with E-state index < -0.39 is 0 Å². The summed E-state index contributed by atoms with van der Waals surface area (Å²) in [7, 11) is 2.12. The van der Waals surface area contributed by atoms with Crippen molar-refractivity contribution < 1.29 is 5.11 Å². The maximum absolute atomic E-state index is 10.4. The number of aliphatic hydroxyl groups excluding tert-OH is 1. The average molecular weight is 234 g/mol. The van der Waals surface area contributed by atoms with Crippen LogP contribution in [0.2, 0.25) is 0 Å². The molecule has 1 aliphatic heterocycles. The van der Waals surface area contributed by atoms with Gasteiger partial charge in [-0.2, -0.15) is 0 Å². The van der Waals surface area contributed by atoms with E-state index >= 15 is 0 Å². The van der Waals surface area contributed by atoms with Gasteiger partial charge in [-0.1, -0.05) is 24.3 Å². The van der Waals surface area contributed by atoms with Crippen molar-refractivity contribution in [2.45, 2.75) is 25.5 Å². The van der Waals surface area contributed by atoms with Crippen LogP contribution in [0.3, 0.4) is 0 Å². The molecule has 0 saturated carbocycles. The van der Waals surface area contributed by atoms with Crippen LogP contribution in [-0.4, -0.2) is 30.1 Å². The van der Waals surface area contributed by atoms with Crippen molar-refractivity contribution in [2.75, 3.05) is 20.1 Å². The fraction of sp³-hybridized carbons (Fsp3) is 0.571. The van der Waals surface area contributed by atoms with Gasteiger partial charge in [-0.05, 0) is 37.6 Å². The largest absolute Gasteiger partial charge is 0.388 e. The van der Waals surface area contributed by atoms with E-state index in [9.17, 15) is 5.11 Å². The third-order valence-corrected chi connectivity index (χ3v) is 3.66. The molecule has 1 fully saturated rings. The highest BCUT2D eigenvalue weighted by Gasteiger charge is 2.25. The molecule has 0 bridgehead atoms. The molecule has 2 unspecified atom stereocenters. The van der Waals surface area contributed by atoms with Crippen molar-refractivity contribution in [3.8, 4) is 0 Å². The number of hydrogen-bond donors (Lipinski definition) is 2. The average Bonchev–Trinajstić information content (AvgIpc) is 2.38. The van der Waals surface area contributed by atoms with Gasteiger partial charge in [0.1, 0.15) is 0 Å². The molecule has 3 N–H and O–H groups in total. The smallest absolute Gasteiger partial charge is 0.0830 e. The van der Waals surface area contributed by atoms with Gasteiger partial charge in [0.15, 0.2) is 0 Å². The standard InChI is InChI=1S/C14H22N2O/c1-16-8-2-3-13(10-16)14(17)12-6-4-11(9-15)5-7-12/h4-7,13-14,17H,2-3,8-10,15H2,1H3. The second-order valence-electron chi connectivity index (χ2n) is 5.06. The Morgan fingerprint density at radius 3 is 2.71 bits per heavy atom. The summed E-state index contributed by atoms with van der Waals surface area (Å²) in [6.07, 6.45) is 1.95. The molecule has 1 aromatic carbocycles. The van der Waals surface area contributed by atoms with Crippen LogP contribution in [0.4, 0.5) is 0 Å². The first-order valence-corrected chi connectivity index (χ1v) is 6.36. The van der Waals surface area contributed by atoms with Crippen LogP contribution in [-0.2, 0) is 6.54 Å². The van der Waals surface area contributed by atoms with Crippen LogP contribution < -0.4 is 5.73 Å². The van der Waals surface area contributed by atoms with E-state index in [2.05, 4.69) is 11.9 Å². The van der Waals surface area contributed by atoms with E-state index in [1.165, 1.54) is 6.42 Å². The summed E-state index contributed by atoms with van der Waals surface area (Å²) >= 11 is 0. The molecule has 3 nitrogen and oxygen atoms in total.